The molecule has 0 unspecified atom stereocenters. The van der Waals surface area contributed by atoms with Gasteiger partial charge in [0, 0.05) is 37.8 Å². The van der Waals surface area contributed by atoms with E-state index in [9.17, 15) is 4.79 Å². The quantitative estimate of drug-likeness (QED) is 0.838. The maximum atomic E-state index is 11.7. The molecule has 2 saturated heterocycles. The van der Waals surface area contributed by atoms with Gasteiger partial charge in [-0.25, -0.2) is 4.79 Å². The maximum absolute atomic E-state index is 11.7. The van der Waals surface area contributed by atoms with Gasteiger partial charge in [-0.2, -0.15) is 0 Å². The normalized spacial score (nSPS) is 22.5. The zero-order chi connectivity index (χ0) is 13.1. The number of cyclic esters (lactones) is 1. The fourth-order valence-corrected chi connectivity index (χ4v) is 2.93. The van der Waals surface area contributed by atoms with Crippen LogP contribution < -0.4 is 0 Å². The van der Waals surface area contributed by atoms with E-state index in [0.717, 1.165) is 45.4 Å². The number of furan rings is 1. The number of hydrogen-bond acceptors (Lipinski definition) is 4. The van der Waals surface area contributed by atoms with E-state index in [1.807, 2.05) is 11.0 Å². The van der Waals surface area contributed by atoms with E-state index in [2.05, 4.69) is 4.90 Å². The molecule has 104 valence electrons. The summed E-state index contributed by atoms with van der Waals surface area (Å²) in [5, 5.41) is 0. The van der Waals surface area contributed by atoms with Crippen molar-refractivity contribution >= 4 is 6.09 Å². The number of ether oxygens (including phenoxy) is 1. The van der Waals surface area contributed by atoms with Crippen LogP contribution in [0.5, 0.6) is 0 Å². The van der Waals surface area contributed by atoms with E-state index in [1.165, 1.54) is 5.56 Å². The van der Waals surface area contributed by atoms with Gasteiger partial charge in [0.15, 0.2) is 0 Å². The molecule has 0 saturated carbocycles. The van der Waals surface area contributed by atoms with E-state index in [1.54, 1.807) is 12.5 Å². The molecule has 5 heteroatoms. The SMILES string of the molecule is O=C1OCCCN1C1CCN(Cc2ccoc2)CC1. The van der Waals surface area contributed by atoms with Crippen LogP contribution in [0, 0.1) is 0 Å². The highest BCUT2D eigenvalue weighted by molar-refractivity contribution is 5.68. The fourth-order valence-electron chi connectivity index (χ4n) is 2.93. The minimum atomic E-state index is -0.125. The second kappa shape index (κ2) is 5.65. The fraction of sp³-hybridized carbons (Fsp3) is 0.643. The minimum Gasteiger partial charge on any atom is -0.472 e. The molecule has 0 aromatic carbocycles. The minimum absolute atomic E-state index is 0.125. The summed E-state index contributed by atoms with van der Waals surface area (Å²) >= 11 is 0. The highest BCUT2D eigenvalue weighted by Gasteiger charge is 2.30. The number of carbonyl (C=O) groups is 1. The third-order valence-corrected chi connectivity index (χ3v) is 3.99. The highest BCUT2D eigenvalue weighted by atomic mass is 16.6. The summed E-state index contributed by atoms with van der Waals surface area (Å²) in [5.41, 5.74) is 1.22. The van der Waals surface area contributed by atoms with Crippen molar-refractivity contribution in [3.8, 4) is 0 Å². The maximum Gasteiger partial charge on any atom is 0.410 e. The molecule has 0 spiro atoms. The zero-order valence-electron chi connectivity index (χ0n) is 11.1. The van der Waals surface area contributed by atoms with Crippen molar-refractivity contribution in [2.75, 3.05) is 26.2 Å². The summed E-state index contributed by atoms with van der Waals surface area (Å²) in [6.45, 7) is 4.42. The van der Waals surface area contributed by atoms with Crippen LogP contribution in [0.25, 0.3) is 0 Å². The summed E-state index contributed by atoms with van der Waals surface area (Å²) in [6, 6.07) is 2.36. The Labute approximate surface area is 113 Å². The van der Waals surface area contributed by atoms with Crippen LogP contribution in [0.1, 0.15) is 24.8 Å². The van der Waals surface area contributed by atoms with Crippen molar-refractivity contribution in [3.63, 3.8) is 0 Å². The Kier molecular flexibility index (Phi) is 3.73. The first kappa shape index (κ1) is 12.5. The number of rotatable bonds is 3. The van der Waals surface area contributed by atoms with Crippen LogP contribution in [-0.4, -0.2) is 48.2 Å². The van der Waals surface area contributed by atoms with Crippen LogP contribution in [-0.2, 0) is 11.3 Å². The van der Waals surface area contributed by atoms with Crippen LogP contribution in [0.15, 0.2) is 23.0 Å². The average molecular weight is 264 g/mol. The summed E-state index contributed by atoms with van der Waals surface area (Å²) < 4.78 is 10.2. The molecule has 2 fully saturated rings. The van der Waals surface area contributed by atoms with E-state index in [0.29, 0.717) is 12.6 Å². The molecule has 0 N–H and O–H groups in total. The molecule has 2 aliphatic heterocycles. The van der Waals surface area contributed by atoms with Crippen LogP contribution in [0.4, 0.5) is 4.79 Å². The molecule has 0 radical (unpaired) electrons. The van der Waals surface area contributed by atoms with Gasteiger partial charge in [-0.05, 0) is 25.3 Å². The second-order valence-electron chi connectivity index (χ2n) is 5.30. The lowest BCUT2D eigenvalue weighted by atomic mass is 10.0. The van der Waals surface area contributed by atoms with Crippen LogP contribution in [0.2, 0.25) is 0 Å². The largest absolute Gasteiger partial charge is 0.472 e. The van der Waals surface area contributed by atoms with Gasteiger partial charge in [0.2, 0.25) is 0 Å². The molecule has 2 aliphatic rings. The molecule has 0 aliphatic carbocycles. The number of nitrogens with zero attached hydrogens (tertiary/aromatic N) is 2. The van der Waals surface area contributed by atoms with Gasteiger partial charge in [-0.3, -0.25) is 4.90 Å². The third-order valence-electron chi connectivity index (χ3n) is 3.99. The lowest BCUT2D eigenvalue weighted by Crippen LogP contribution is -2.49. The van der Waals surface area contributed by atoms with Crippen LogP contribution >= 0.6 is 0 Å². The van der Waals surface area contributed by atoms with Gasteiger partial charge in [0.25, 0.3) is 0 Å². The second-order valence-corrected chi connectivity index (χ2v) is 5.30. The van der Waals surface area contributed by atoms with E-state index >= 15 is 0 Å². The van der Waals surface area contributed by atoms with E-state index in [4.69, 9.17) is 9.15 Å². The molecule has 5 nitrogen and oxygen atoms in total. The van der Waals surface area contributed by atoms with Crippen molar-refractivity contribution in [3.05, 3.63) is 24.2 Å². The standard InChI is InChI=1S/C14H20N2O3/c17-14-16(5-1-8-19-14)13-2-6-15(7-3-13)10-12-4-9-18-11-12/h4,9,11,13H,1-3,5-8,10H2. The van der Waals surface area contributed by atoms with Gasteiger partial charge < -0.3 is 14.1 Å². The first-order valence-electron chi connectivity index (χ1n) is 7.00. The molecule has 0 bridgehead atoms. The molecular formula is C14H20N2O3. The Morgan fingerprint density at radius 1 is 1.26 bits per heavy atom. The van der Waals surface area contributed by atoms with Gasteiger partial charge >= 0.3 is 6.09 Å². The lowest BCUT2D eigenvalue weighted by Gasteiger charge is -2.39. The molecule has 3 heterocycles. The molecule has 3 rings (SSSR count). The zero-order valence-corrected chi connectivity index (χ0v) is 11.1. The van der Waals surface area contributed by atoms with Crippen molar-refractivity contribution in [2.45, 2.75) is 31.8 Å². The van der Waals surface area contributed by atoms with Crippen molar-refractivity contribution < 1.29 is 13.9 Å². The average Bonchev–Trinajstić information content (AvgIpc) is 2.93. The van der Waals surface area contributed by atoms with E-state index in [-0.39, 0.29) is 6.09 Å². The topological polar surface area (TPSA) is 45.9 Å². The molecule has 0 atom stereocenters. The Hall–Kier alpha value is -1.49. The van der Waals surface area contributed by atoms with Gasteiger partial charge in [0.05, 0.1) is 19.1 Å². The highest BCUT2D eigenvalue weighted by Crippen LogP contribution is 2.21. The number of likely N-dealkylation sites (tertiary alicyclic amines) is 1. The Morgan fingerprint density at radius 3 is 2.79 bits per heavy atom. The molecule has 19 heavy (non-hydrogen) atoms. The van der Waals surface area contributed by atoms with Crippen molar-refractivity contribution in [1.29, 1.82) is 0 Å². The smallest absolute Gasteiger partial charge is 0.410 e. The van der Waals surface area contributed by atoms with Gasteiger partial charge in [-0.1, -0.05) is 0 Å². The number of amides is 1. The predicted octanol–water partition coefficient (Wildman–Crippen LogP) is 2.09. The van der Waals surface area contributed by atoms with Crippen molar-refractivity contribution in [1.82, 2.24) is 9.80 Å². The van der Waals surface area contributed by atoms with E-state index < -0.39 is 0 Å². The number of piperidine rings is 1. The van der Waals surface area contributed by atoms with Crippen molar-refractivity contribution in [2.24, 2.45) is 0 Å². The Balaban J connectivity index is 1.50. The Bertz CT molecular complexity index is 410. The number of hydrogen-bond donors (Lipinski definition) is 0. The number of carbonyl (C=O) groups excluding carboxylic acids is 1. The predicted molar refractivity (Wildman–Crippen MR) is 69.7 cm³/mol. The summed E-state index contributed by atoms with van der Waals surface area (Å²) in [6.07, 6.45) is 6.42. The monoisotopic (exact) mass is 264 g/mol. The Morgan fingerprint density at radius 2 is 2.11 bits per heavy atom. The molecule has 1 aromatic heterocycles. The first-order chi connectivity index (χ1) is 9.33. The molecule has 1 aromatic rings. The third kappa shape index (κ3) is 2.92. The summed E-state index contributed by atoms with van der Waals surface area (Å²) in [7, 11) is 0. The summed E-state index contributed by atoms with van der Waals surface area (Å²) in [5.74, 6) is 0. The van der Waals surface area contributed by atoms with Crippen LogP contribution in [0.3, 0.4) is 0 Å². The molecular weight excluding hydrogens is 244 g/mol. The molecule has 1 amide bonds. The van der Waals surface area contributed by atoms with Gasteiger partial charge in [-0.15, -0.1) is 0 Å². The van der Waals surface area contributed by atoms with Gasteiger partial charge in [0.1, 0.15) is 0 Å². The lowest BCUT2D eigenvalue weighted by molar-refractivity contribution is 0.0368. The first-order valence-corrected chi connectivity index (χ1v) is 7.00. The summed E-state index contributed by atoms with van der Waals surface area (Å²) in [4.78, 5) is 16.0.